The predicted octanol–water partition coefficient (Wildman–Crippen LogP) is 5.23. The van der Waals surface area contributed by atoms with E-state index in [1.165, 1.54) is 13.0 Å². The van der Waals surface area contributed by atoms with E-state index in [-0.39, 0.29) is 43.4 Å². The van der Waals surface area contributed by atoms with Gasteiger partial charge in [0.05, 0.1) is 27.1 Å². The number of primary amides is 1. The molecule has 2 N–H and O–H groups in total. The average Bonchev–Trinajstić information content (AvgIpc) is 3.16. The molecule has 0 aliphatic carbocycles. The van der Waals surface area contributed by atoms with E-state index in [4.69, 9.17) is 49.8 Å². The van der Waals surface area contributed by atoms with Gasteiger partial charge in [0.2, 0.25) is 0 Å². The fourth-order valence-corrected chi connectivity index (χ4v) is 3.29. The van der Waals surface area contributed by atoms with Crippen molar-refractivity contribution in [1.82, 2.24) is 0 Å². The largest absolute Gasteiger partial charge is 0.459 e. The quantitative estimate of drug-likeness (QED) is 0.663. The second kappa shape index (κ2) is 6.61. The molecule has 1 atom stereocenters. The van der Waals surface area contributed by atoms with Gasteiger partial charge in [0.15, 0.2) is 5.76 Å². The Morgan fingerprint density at radius 2 is 1.81 bits per heavy atom. The van der Waals surface area contributed by atoms with Crippen LogP contribution in [0.5, 0.6) is 0 Å². The monoisotopic (exact) mass is 440 g/mol. The van der Waals surface area contributed by atoms with Crippen molar-refractivity contribution in [2.24, 2.45) is 10.9 Å². The number of rotatable bonds is 3. The normalized spacial score (nSPS) is 19.7. The lowest BCUT2D eigenvalue weighted by molar-refractivity contribution is -0.275. The zero-order chi connectivity index (χ0) is 20.1. The van der Waals surface area contributed by atoms with Crippen LogP contribution in [0.2, 0.25) is 15.1 Å². The molecule has 1 aliphatic heterocycles. The van der Waals surface area contributed by atoms with Gasteiger partial charge in [-0.15, -0.1) is 0 Å². The highest BCUT2D eigenvalue weighted by molar-refractivity contribution is 6.48. The molecule has 1 aromatic carbocycles. The van der Waals surface area contributed by atoms with Crippen molar-refractivity contribution < 1.29 is 27.2 Å². The first-order chi connectivity index (χ1) is 12.5. The standard InChI is InChI=1S/C16H10Cl3F3N2O3/c1-6-8(14(23)25)4-12(26-6)11-5-15(27-24-11,16(20,21)22)7-2-9(17)13(19)10(18)3-7/h2-4H,5H2,1H3,(H2,23,25). The molecule has 0 spiro atoms. The summed E-state index contributed by atoms with van der Waals surface area (Å²) >= 11 is 17.6. The van der Waals surface area contributed by atoms with Crippen LogP contribution < -0.4 is 5.73 Å². The van der Waals surface area contributed by atoms with E-state index in [2.05, 4.69) is 5.16 Å². The Hall–Kier alpha value is -1.90. The third-order valence-electron chi connectivity index (χ3n) is 4.10. The summed E-state index contributed by atoms with van der Waals surface area (Å²) in [5, 5.41) is 3.13. The van der Waals surface area contributed by atoms with Gasteiger partial charge >= 0.3 is 6.18 Å². The summed E-state index contributed by atoms with van der Waals surface area (Å²) in [5.74, 6) is -0.679. The number of halogens is 6. The molecule has 0 bridgehead atoms. The summed E-state index contributed by atoms with van der Waals surface area (Å²) in [6.07, 6.45) is -5.59. The summed E-state index contributed by atoms with van der Waals surface area (Å²) in [5.41, 5.74) is 1.88. The zero-order valence-electron chi connectivity index (χ0n) is 13.5. The van der Waals surface area contributed by atoms with Crippen molar-refractivity contribution in [2.75, 3.05) is 0 Å². The number of furan rings is 1. The van der Waals surface area contributed by atoms with Gasteiger partial charge in [-0.2, -0.15) is 13.2 Å². The lowest BCUT2D eigenvalue weighted by atomic mass is 9.87. The van der Waals surface area contributed by atoms with Crippen molar-refractivity contribution in [2.45, 2.75) is 25.1 Å². The number of hydrogen-bond donors (Lipinski definition) is 1. The highest BCUT2D eigenvalue weighted by atomic mass is 35.5. The smallest absolute Gasteiger partial charge is 0.435 e. The number of oxime groups is 1. The third kappa shape index (κ3) is 3.26. The number of alkyl halides is 3. The van der Waals surface area contributed by atoms with Gasteiger partial charge in [-0.3, -0.25) is 4.79 Å². The van der Waals surface area contributed by atoms with Crippen molar-refractivity contribution >= 4 is 46.4 Å². The molecule has 1 unspecified atom stereocenters. The first-order valence-corrected chi connectivity index (χ1v) is 8.47. The predicted molar refractivity (Wildman–Crippen MR) is 93.4 cm³/mol. The molecule has 5 nitrogen and oxygen atoms in total. The van der Waals surface area contributed by atoms with Gasteiger partial charge in [-0.25, -0.2) is 0 Å². The summed E-state index contributed by atoms with van der Waals surface area (Å²) in [4.78, 5) is 16.2. The molecular formula is C16H10Cl3F3N2O3. The second-order valence-electron chi connectivity index (χ2n) is 5.83. The van der Waals surface area contributed by atoms with Crippen LogP contribution in [0, 0.1) is 6.92 Å². The highest BCUT2D eigenvalue weighted by Gasteiger charge is 2.62. The van der Waals surface area contributed by atoms with E-state index in [0.717, 1.165) is 12.1 Å². The number of carbonyl (C=O) groups is 1. The molecule has 2 aromatic rings. The average molecular weight is 442 g/mol. The molecule has 1 aromatic heterocycles. The molecule has 0 fully saturated rings. The Balaban J connectivity index is 2.06. The lowest BCUT2D eigenvalue weighted by Crippen LogP contribution is -2.42. The van der Waals surface area contributed by atoms with Gasteiger partial charge < -0.3 is 15.0 Å². The molecule has 1 aliphatic rings. The van der Waals surface area contributed by atoms with Crippen LogP contribution >= 0.6 is 34.8 Å². The van der Waals surface area contributed by atoms with E-state index in [0.29, 0.717) is 0 Å². The minimum absolute atomic E-state index is 0.0368. The number of nitrogens with zero attached hydrogens (tertiary/aromatic N) is 1. The maximum atomic E-state index is 13.9. The van der Waals surface area contributed by atoms with Gasteiger partial charge in [-0.05, 0) is 25.1 Å². The number of amides is 1. The number of benzene rings is 1. The van der Waals surface area contributed by atoms with Crippen LogP contribution in [0.1, 0.15) is 33.9 Å². The molecule has 27 heavy (non-hydrogen) atoms. The van der Waals surface area contributed by atoms with Crippen LogP contribution in [0.15, 0.2) is 27.8 Å². The maximum Gasteiger partial charge on any atom is 0.435 e. The van der Waals surface area contributed by atoms with E-state index < -0.39 is 24.1 Å². The Bertz CT molecular complexity index is 949. The topological polar surface area (TPSA) is 77.8 Å². The molecule has 3 rings (SSSR count). The molecule has 11 heteroatoms. The van der Waals surface area contributed by atoms with Gasteiger partial charge in [0.1, 0.15) is 11.5 Å². The Morgan fingerprint density at radius 3 is 2.30 bits per heavy atom. The van der Waals surface area contributed by atoms with Crippen LogP contribution in [0.3, 0.4) is 0 Å². The molecular weight excluding hydrogens is 432 g/mol. The summed E-state index contributed by atoms with van der Waals surface area (Å²) in [6.45, 7) is 1.45. The van der Waals surface area contributed by atoms with Crippen LogP contribution in [0.25, 0.3) is 0 Å². The van der Waals surface area contributed by atoms with Crippen LogP contribution in [-0.4, -0.2) is 17.8 Å². The Morgan fingerprint density at radius 1 is 1.22 bits per heavy atom. The van der Waals surface area contributed by atoms with Crippen molar-refractivity contribution in [3.63, 3.8) is 0 Å². The van der Waals surface area contributed by atoms with E-state index in [9.17, 15) is 18.0 Å². The summed E-state index contributed by atoms with van der Waals surface area (Å²) in [7, 11) is 0. The number of carbonyl (C=O) groups excluding carboxylic acids is 1. The minimum Gasteiger partial charge on any atom is -0.459 e. The molecule has 144 valence electrons. The Labute approximate surface area is 165 Å². The maximum absolute atomic E-state index is 13.9. The molecule has 0 saturated heterocycles. The number of hydrogen-bond acceptors (Lipinski definition) is 4. The SMILES string of the molecule is Cc1oc(C2=NOC(c3cc(Cl)c(Cl)c(Cl)c3)(C(F)(F)F)C2)cc1C(N)=O. The van der Waals surface area contributed by atoms with Crippen LogP contribution in [-0.2, 0) is 10.4 Å². The fourth-order valence-electron chi connectivity index (χ4n) is 2.69. The lowest BCUT2D eigenvalue weighted by Gasteiger charge is -2.29. The Kier molecular flexibility index (Phi) is 4.86. The number of nitrogens with two attached hydrogens (primary N) is 1. The molecule has 0 saturated carbocycles. The first-order valence-electron chi connectivity index (χ1n) is 7.33. The van der Waals surface area contributed by atoms with Crippen molar-refractivity contribution in [3.05, 3.63) is 55.9 Å². The van der Waals surface area contributed by atoms with E-state index >= 15 is 0 Å². The zero-order valence-corrected chi connectivity index (χ0v) is 15.7. The van der Waals surface area contributed by atoms with Gasteiger partial charge in [-0.1, -0.05) is 40.0 Å². The summed E-state index contributed by atoms with van der Waals surface area (Å²) < 4.78 is 47.2. The molecule has 2 heterocycles. The minimum atomic E-state index is -4.87. The van der Waals surface area contributed by atoms with Gasteiger partial charge in [0, 0.05) is 5.56 Å². The van der Waals surface area contributed by atoms with E-state index in [1.807, 2.05) is 0 Å². The van der Waals surface area contributed by atoms with Crippen LogP contribution in [0.4, 0.5) is 13.2 Å². The highest BCUT2D eigenvalue weighted by Crippen LogP contribution is 2.50. The molecule has 1 amide bonds. The van der Waals surface area contributed by atoms with Crippen molar-refractivity contribution in [1.29, 1.82) is 0 Å². The van der Waals surface area contributed by atoms with E-state index in [1.54, 1.807) is 0 Å². The second-order valence-corrected chi connectivity index (χ2v) is 7.02. The number of aryl methyl sites for hydroxylation is 1. The van der Waals surface area contributed by atoms with Crippen molar-refractivity contribution in [3.8, 4) is 0 Å². The third-order valence-corrected chi connectivity index (χ3v) is 5.30. The fraction of sp³-hybridized carbons (Fsp3) is 0.250. The first kappa shape index (κ1) is 19.9. The summed E-state index contributed by atoms with van der Waals surface area (Å²) in [6, 6.07) is 3.25. The molecule has 0 radical (unpaired) electrons. The van der Waals surface area contributed by atoms with Gasteiger partial charge in [0.25, 0.3) is 11.5 Å².